The van der Waals surface area contributed by atoms with Crippen molar-refractivity contribution in [1.29, 1.82) is 0 Å². The summed E-state index contributed by atoms with van der Waals surface area (Å²) in [7, 11) is 2.02. The Labute approximate surface area is 164 Å². The Bertz CT molecular complexity index is 1070. The molecule has 0 aliphatic rings. The van der Waals surface area contributed by atoms with Crippen LogP contribution in [0.15, 0.2) is 85.2 Å². The van der Waals surface area contributed by atoms with Gasteiger partial charge in [-0.25, -0.2) is 0 Å². The summed E-state index contributed by atoms with van der Waals surface area (Å²) in [6, 6.07) is 23.9. The minimum Gasteiger partial charge on any atom is -0.352 e. The van der Waals surface area contributed by atoms with Crippen LogP contribution in [-0.2, 0) is 6.42 Å². The number of rotatable bonds is 6. The molecule has 5 heteroatoms. The minimum absolute atomic E-state index is 0.0835. The van der Waals surface area contributed by atoms with E-state index in [2.05, 4.69) is 39.5 Å². The van der Waals surface area contributed by atoms with E-state index in [0.29, 0.717) is 18.5 Å². The number of pyridine rings is 2. The Hall–Kier alpha value is -3.60. The standard InChI is InChI=1S/C23H22N4O/c1-26(20-8-3-2-4-9-20)22-13-12-21-11-10-18(17-27(21)22)23(28)25-16-14-19-7-5-6-15-24-19/h2-13,15,17H,14,16H2,1H3,(H,25,28). The Morgan fingerprint density at radius 1 is 1.00 bits per heavy atom. The van der Waals surface area contributed by atoms with Gasteiger partial charge in [0, 0.05) is 49.3 Å². The highest BCUT2D eigenvalue weighted by Crippen LogP contribution is 2.26. The van der Waals surface area contributed by atoms with E-state index in [1.165, 1.54) is 0 Å². The molecule has 0 saturated carbocycles. The second-order valence-electron chi connectivity index (χ2n) is 6.63. The third-order valence-corrected chi connectivity index (χ3v) is 4.77. The number of aromatic nitrogens is 2. The lowest BCUT2D eigenvalue weighted by Gasteiger charge is -2.19. The molecular weight excluding hydrogens is 348 g/mol. The molecule has 0 spiro atoms. The molecule has 0 aliphatic heterocycles. The molecule has 1 amide bonds. The number of carbonyl (C=O) groups excluding carboxylic acids is 1. The zero-order valence-electron chi connectivity index (χ0n) is 15.7. The molecule has 0 saturated heterocycles. The van der Waals surface area contributed by atoms with Crippen molar-refractivity contribution >= 4 is 22.9 Å². The fraction of sp³-hybridized carbons (Fsp3) is 0.130. The molecule has 3 heterocycles. The minimum atomic E-state index is -0.0835. The number of hydrogen-bond acceptors (Lipinski definition) is 3. The number of fused-ring (bicyclic) bond motifs is 1. The van der Waals surface area contributed by atoms with Gasteiger partial charge in [0.1, 0.15) is 5.82 Å². The summed E-state index contributed by atoms with van der Waals surface area (Å²) in [5.74, 6) is 0.921. The molecule has 1 aromatic carbocycles. The van der Waals surface area contributed by atoms with Crippen molar-refractivity contribution in [2.75, 3.05) is 18.5 Å². The molecule has 0 radical (unpaired) electrons. The van der Waals surface area contributed by atoms with Gasteiger partial charge in [-0.1, -0.05) is 24.3 Å². The SMILES string of the molecule is CN(c1ccccc1)c1ccc2ccc(C(=O)NCCc3ccccn3)cn12. The fourth-order valence-corrected chi connectivity index (χ4v) is 3.23. The highest BCUT2D eigenvalue weighted by Gasteiger charge is 2.12. The quantitative estimate of drug-likeness (QED) is 0.556. The second kappa shape index (κ2) is 7.96. The maximum absolute atomic E-state index is 12.6. The van der Waals surface area contributed by atoms with Crippen LogP contribution in [0.4, 0.5) is 11.5 Å². The van der Waals surface area contributed by atoms with Crippen LogP contribution in [0.25, 0.3) is 5.52 Å². The average Bonchev–Trinajstić information content (AvgIpc) is 3.18. The van der Waals surface area contributed by atoms with Crippen molar-refractivity contribution in [3.63, 3.8) is 0 Å². The topological polar surface area (TPSA) is 49.6 Å². The van der Waals surface area contributed by atoms with Gasteiger partial charge in [-0.2, -0.15) is 0 Å². The van der Waals surface area contributed by atoms with E-state index in [4.69, 9.17) is 0 Å². The molecule has 0 bridgehead atoms. The number of carbonyl (C=O) groups is 1. The van der Waals surface area contributed by atoms with Crippen molar-refractivity contribution < 1.29 is 4.79 Å². The first kappa shape index (κ1) is 17.8. The molecule has 4 aromatic rings. The number of hydrogen-bond donors (Lipinski definition) is 1. The third kappa shape index (κ3) is 3.74. The first-order chi connectivity index (χ1) is 13.7. The summed E-state index contributed by atoms with van der Waals surface area (Å²) >= 11 is 0. The Balaban J connectivity index is 1.51. The zero-order valence-corrected chi connectivity index (χ0v) is 15.7. The van der Waals surface area contributed by atoms with Gasteiger partial charge in [-0.15, -0.1) is 0 Å². The maximum atomic E-state index is 12.6. The van der Waals surface area contributed by atoms with Crippen LogP contribution in [-0.4, -0.2) is 28.9 Å². The van der Waals surface area contributed by atoms with Crippen molar-refractivity contribution in [1.82, 2.24) is 14.7 Å². The van der Waals surface area contributed by atoms with E-state index in [9.17, 15) is 4.79 Å². The van der Waals surface area contributed by atoms with Crippen molar-refractivity contribution in [2.45, 2.75) is 6.42 Å². The van der Waals surface area contributed by atoms with Crippen LogP contribution < -0.4 is 10.2 Å². The number of nitrogens with zero attached hydrogens (tertiary/aromatic N) is 3. The van der Waals surface area contributed by atoms with Gasteiger partial charge < -0.3 is 14.6 Å². The number of para-hydroxylation sites is 1. The van der Waals surface area contributed by atoms with Gasteiger partial charge in [0.25, 0.3) is 5.91 Å². The molecule has 0 unspecified atom stereocenters. The summed E-state index contributed by atoms with van der Waals surface area (Å²) in [6.07, 6.45) is 4.36. The third-order valence-electron chi connectivity index (χ3n) is 4.77. The van der Waals surface area contributed by atoms with Crippen LogP contribution in [0.5, 0.6) is 0 Å². The van der Waals surface area contributed by atoms with Gasteiger partial charge in [-0.3, -0.25) is 9.78 Å². The van der Waals surface area contributed by atoms with E-state index in [1.807, 2.05) is 66.2 Å². The van der Waals surface area contributed by atoms with Gasteiger partial charge >= 0.3 is 0 Å². The molecular formula is C23H22N4O. The smallest absolute Gasteiger partial charge is 0.252 e. The molecule has 4 rings (SSSR count). The van der Waals surface area contributed by atoms with Gasteiger partial charge in [0.15, 0.2) is 0 Å². The van der Waals surface area contributed by atoms with E-state index in [-0.39, 0.29) is 5.91 Å². The first-order valence-corrected chi connectivity index (χ1v) is 9.30. The predicted octanol–water partition coefficient (Wildman–Crippen LogP) is 4.07. The number of benzene rings is 1. The van der Waals surface area contributed by atoms with Gasteiger partial charge in [0.05, 0.1) is 5.56 Å². The van der Waals surface area contributed by atoms with Crippen LogP contribution in [0.1, 0.15) is 16.1 Å². The number of nitrogens with one attached hydrogen (secondary N) is 1. The summed E-state index contributed by atoms with van der Waals surface area (Å²) in [4.78, 5) is 19.0. The molecule has 0 aliphatic carbocycles. The largest absolute Gasteiger partial charge is 0.352 e. The number of amides is 1. The van der Waals surface area contributed by atoms with Gasteiger partial charge in [-0.05, 0) is 48.5 Å². The van der Waals surface area contributed by atoms with Crippen molar-refractivity contribution in [3.8, 4) is 0 Å². The van der Waals surface area contributed by atoms with Crippen LogP contribution in [0.3, 0.4) is 0 Å². The Kier molecular flexibility index (Phi) is 5.06. The molecule has 1 N–H and O–H groups in total. The van der Waals surface area contributed by atoms with E-state index in [0.717, 1.165) is 22.7 Å². The molecule has 140 valence electrons. The summed E-state index contributed by atoms with van der Waals surface area (Å²) in [5.41, 5.74) is 3.73. The Morgan fingerprint density at radius 3 is 2.57 bits per heavy atom. The Morgan fingerprint density at radius 2 is 1.79 bits per heavy atom. The maximum Gasteiger partial charge on any atom is 0.252 e. The monoisotopic (exact) mass is 370 g/mol. The highest BCUT2D eigenvalue weighted by atomic mass is 16.1. The predicted molar refractivity (Wildman–Crippen MR) is 112 cm³/mol. The van der Waals surface area contributed by atoms with E-state index < -0.39 is 0 Å². The molecule has 3 aromatic heterocycles. The lowest BCUT2D eigenvalue weighted by Crippen LogP contribution is -2.26. The normalized spacial score (nSPS) is 10.8. The first-order valence-electron chi connectivity index (χ1n) is 9.30. The number of anilines is 2. The van der Waals surface area contributed by atoms with Crippen molar-refractivity contribution in [3.05, 3.63) is 96.4 Å². The molecule has 0 fully saturated rings. The second-order valence-corrected chi connectivity index (χ2v) is 6.63. The summed E-state index contributed by atoms with van der Waals surface area (Å²) < 4.78 is 2.04. The lowest BCUT2D eigenvalue weighted by molar-refractivity contribution is 0.0953. The van der Waals surface area contributed by atoms with Crippen LogP contribution >= 0.6 is 0 Å². The summed E-state index contributed by atoms with van der Waals surface area (Å²) in [6.45, 7) is 0.552. The van der Waals surface area contributed by atoms with Crippen molar-refractivity contribution in [2.24, 2.45) is 0 Å². The zero-order chi connectivity index (χ0) is 19.3. The molecule has 28 heavy (non-hydrogen) atoms. The van der Waals surface area contributed by atoms with E-state index >= 15 is 0 Å². The highest BCUT2D eigenvalue weighted by molar-refractivity contribution is 5.94. The average molecular weight is 370 g/mol. The lowest BCUT2D eigenvalue weighted by atomic mass is 10.2. The fourth-order valence-electron chi connectivity index (χ4n) is 3.23. The van der Waals surface area contributed by atoms with Crippen LogP contribution in [0, 0.1) is 0 Å². The van der Waals surface area contributed by atoms with Gasteiger partial charge in [0.2, 0.25) is 0 Å². The molecule has 5 nitrogen and oxygen atoms in total. The summed E-state index contributed by atoms with van der Waals surface area (Å²) in [5, 5.41) is 2.98. The van der Waals surface area contributed by atoms with Crippen LogP contribution in [0.2, 0.25) is 0 Å². The molecule has 0 atom stereocenters. The van der Waals surface area contributed by atoms with E-state index in [1.54, 1.807) is 6.20 Å².